The van der Waals surface area contributed by atoms with E-state index in [1.807, 2.05) is 0 Å². The normalized spacial score (nSPS) is 29.6. The summed E-state index contributed by atoms with van der Waals surface area (Å²) in [6, 6.07) is 4.28. The van der Waals surface area contributed by atoms with Gasteiger partial charge in [0.25, 0.3) is 0 Å². The van der Waals surface area contributed by atoms with E-state index in [1.54, 1.807) is 6.07 Å². The Bertz CT molecular complexity index is 491. The van der Waals surface area contributed by atoms with Crippen LogP contribution in [0.15, 0.2) is 18.2 Å². The molecule has 3 rings (SSSR count). The Morgan fingerprint density at radius 3 is 2.78 bits per heavy atom. The number of rotatable bonds is 2. The zero-order chi connectivity index (χ0) is 12.7. The van der Waals surface area contributed by atoms with Crippen molar-refractivity contribution in [3.8, 4) is 0 Å². The van der Waals surface area contributed by atoms with Crippen molar-refractivity contribution in [3.05, 3.63) is 29.0 Å². The molecule has 2 bridgehead atoms. The number of hydrogen-bond acceptors (Lipinski definition) is 1. The topological polar surface area (TPSA) is 29.1 Å². The van der Waals surface area contributed by atoms with Gasteiger partial charge in [0.2, 0.25) is 5.91 Å². The van der Waals surface area contributed by atoms with Crippen LogP contribution in [-0.2, 0) is 4.79 Å². The first kappa shape index (κ1) is 12.0. The summed E-state index contributed by atoms with van der Waals surface area (Å²) < 4.78 is 13.0. The van der Waals surface area contributed by atoms with Crippen LogP contribution in [0.5, 0.6) is 0 Å². The number of nitrogens with one attached hydrogen (secondary N) is 1. The number of hydrogen-bond donors (Lipinski definition) is 1. The van der Waals surface area contributed by atoms with Crippen molar-refractivity contribution in [3.63, 3.8) is 0 Å². The van der Waals surface area contributed by atoms with Crippen molar-refractivity contribution < 1.29 is 9.18 Å². The summed E-state index contributed by atoms with van der Waals surface area (Å²) in [7, 11) is 0. The van der Waals surface area contributed by atoms with E-state index in [0.29, 0.717) is 11.6 Å². The second kappa shape index (κ2) is 4.54. The van der Waals surface area contributed by atoms with Gasteiger partial charge in [0, 0.05) is 11.6 Å². The average Bonchev–Trinajstić information content (AvgIpc) is 2.96. The zero-order valence-electron chi connectivity index (χ0n) is 9.96. The Morgan fingerprint density at radius 1 is 1.33 bits per heavy atom. The first-order valence-electron chi connectivity index (χ1n) is 6.39. The highest BCUT2D eigenvalue weighted by atomic mass is 35.5. The Hall–Kier alpha value is -1.09. The SMILES string of the molecule is O=C(Nc1ccc(F)c(Cl)c1)[C@H]1C[C@H]2CC[C@H]1C2. The second-order valence-electron chi connectivity index (χ2n) is 5.40. The molecule has 3 atom stereocenters. The van der Waals surface area contributed by atoms with Gasteiger partial charge in [0.1, 0.15) is 5.82 Å². The van der Waals surface area contributed by atoms with Crippen LogP contribution in [0.3, 0.4) is 0 Å². The van der Waals surface area contributed by atoms with Gasteiger partial charge in [0.05, 0.1) is 5.02 Å². The molecule has 0 aromatic heterocycles. The van der Waals surface area contributed by atoms with Gasteiger partial charge < -0.3 is 5.32 Å². The van der Waals surface area contributed by atoms with Crippen LogP contribution < -0.4 is 5.32 Å². The van der Waals surface area contributed by atoms with Crippen molar-refractivity contribution in [1.82, 2.24) is 0 Å². The molecule has 0 spiro atoms. The summed E-state index contributed by atoms with van der Waals surface area (Å²) in [5.74, 6) is 1.01. The number of benzene rings is 1. The lowest BCUT2D eigenvalue weighted by atomic mass is 9.88. The van der Waals surface area contributed by atoms with Gasteiger partial charge in [0.15, 0.2) is 0 Å². The molecule has 2 aliphatic rings. The van der Waals surface area contributed by atoms with E-state index in [9.17, 15) is 9.18 Å². The molecule has 0 unspecified atom stereocenters. The van der Waals surface area contributed by atoms with Gasteiger partial charge in [-0.05, 0) is 49.3 Å². The molecular weight excluding hydrogens is 253 g/mol. The van der Waals surface area contributed by atoms with Gasteiger partial charge in [-0.3, -0.25) is 4.79 Å². The van der Waals surface area contributed by atoms with E-state index < -0.39 is 5.82 Å². The molecular formula is C14H15ClFNO. The van der Waals surface area contributed by atoms with Crippen molar-refractivity contribution in [2.24, 2.45) is 17.8 Å². The maximum Gasteiger partial charge on any atom is 0.227 e. The summed E-state index contributed by atoms with van der Waals surface area (Å²) in [6.07, 6.45) is 4.65. The van der Waals surface area contributed by atoms with Crippen LogP contribution in [0, 0.1) is 23.6 Å². The quantitative estimate of drug-likeness (QED) is 0.866. The third-order valence-electron chi connectivity index (χ3n) is 4.26. The lowest BCUT2D eigenvalue weighted by Crippen LogP contribution is -2.27. The molecule has 1 aromatic carbocycles. The van der Waals surface area contributed by atoms with Crippen LogP contribution in [-0.4, -0.2) is 5.91 Å². The van der Waals surface area contributed by atoms with Crippen LogP contribution in [0.25, 0.3) is 0 Å². The average molecular weight is 268 g/mol. The molecule has 4 heteroatoms. The van der Waals surface area contributed by atoms with Crippen LogP contribution in [0.4, 0.5) is 10.1 Å². The summed E-state index contributed by atoms with van der Waals surface area (Å²) in [5.41, 5.74) is 0.578. The standard InChI is InChI=1S/C14H15ClFNO/c15-12-7-10(3-4-13(12)16)17-14(18)11-6-8-1-2-9(11)5-8/h3-4,7-9,11H,1-2,5-6H2,(H,17,18)/t8-,9-,11-/m0/s1. The minimum atomic E-state index is -0.463. The summed E-state index contributed by atoms with van der Waals surface area (Å²) in [4.78, 5) is 12.2. The molecule has 2 fully saturated rings. The minimum absolute atomic E-state index is 0.0424. The zero-order valence-corrected chi connectivity index (χ0v) is 10.7. The van der Waals surface area contributed by atoms with E-state index >= 15 is 0 Å². The third-order valence-corrected chi connectivity index (χ3v) is 4.55. The van der Waals surface area contributed by atoms with Crippen LogP contribution >= 0.6 is 11.6 Å². The predicted octanol–water partition coefficient (Wildman–Crippen LogP) is 3.85. The highest BCUT2D eigenvalue weighted by Gasteiger charge is 2.42. The van der Waals surface area contributed by atoms with E-state index in [1.165, 1.54) is 31.4 Å². The number of fused-ring (bicyclic) bond motifs is 2. The van der Waals surface area contributed by atoms with Crippen molar-refractivity contribution in [1.29, 1.82) is 0 Å². The first-order chi connectivity index (χ1) is 8.63. The summed E-state index contributed by atoms with van der Waals surface area (Å²) in [5, 5.41) is 2.89. The highest BCUT2D eigenvalue weighted by Crippen LogP contribution is 2.48. The van der Waals surface area contributed by atoms with Crippen molar-refractivity contribution >= 4 is 23.2 Å². The molecule has 96 valence electrons. The fourth-order valence-corrected chi connectivity index (χ4v) is 3.56. The molecule has 0 saturated heterocycles. The van der Waals surface area contributed by atoms with Crippen LogP contribution in [0.2, 0.25) is 5.02 Å². The summed E-state index contributed by atoms with van der Waals surface area (Å²) in [6.45, 7) is 0. The third kappa shape index (κ3) is 2.12. The second-order valence-corrected chi connectivity index (χ2v) is 5.81. The number of halogens is 2. The van der Waals surface area contributed by atoms with Crippen molar-refractivity contribution in [2.45, 2.75) is 25.7 Å². The summed E-state index contributed by atoms with van der Waals surface area (Å²) >= 11 is 5.69. The van der Waals surface area contributed by atoms with E-state index in [-0.39, 0.29) is 16.8 Å². The fraction of sp³-hybridized carbons (Fsp3) is 0.500. The molecule has 1 amide bonds. The van der Waals surface area contributed by atoms with E-state index in [4.69, 9.17) is 11.6 Å². The molecule has 0 radical (unpaired) electrons. The Kier molecular flexibility index (Phi) is 3.02. The molecule has 2 aliphatic carbocycles. The van der Waals surface area contributed by atoms with Gasteiger partial charge >= 0.3 is 0 Å². The molecule has 1 N–H and O–H groups in total. The molecule has 18 heavy (non-hydrogen) atoms. The lowest BCUT2D eigenvalue weighted by molar-refractivity contribution is -0.121. The van der Waals surface area contributed by atoms with Gasteiger partial charge in [-0.1, -0.05) is 18.0 Å². The maximum atomic E-state index is 13.0. The number of amides is 1. The molecule has 0 heterocycles. The van der Waals surface area contributed by atoms with Gasteiger partial charge in [-0.15, -0.1) is 0 Å². The predicted molar refractivity (Wildman–Crippen MR) is 69.0 cm³/mol. The molecule has 2 saturated carbocycles. The number of carbonyl (C=O) groups is 1. The maximum absolute atomic E-state index is 13.0. The molecule has 0 aliphatic heterocycles. The molecule has 2 nitrogen and oxygen atoms in total. The monoisotopic (exact) mass is 267 g/mol. The lowest BCUT2D eigenvalue weighted by Gasteiger charge is -2.20. The van der Waals surface area contributed by atoms with Crippen LogP contribution in [0.1, 0.15) is 25.7 Å². The first-order valence-corrected chi connectivity index (χ1v) is 6.77. The van der Waals surface area contributed by atoms with E-state index in [2.05, 4.69) is 5.32 Å². The van der Waals surface area contributed by atoms with Gasteiger partial charge in [-0.2, -0.15) is 0 Å². The smallest absolute Gasteiger partial charge is 0.227 e. The number of carbonyl (C=O) groups excluding carboxylic acids is 1. The van der Waals surface area contributed by atoms with Gasteiger partial charge in [-0.25, -0.2) is 4.39 Å². The Balaban J connectivity index is 1.69. The Morgan fingerprint density at radius 2 is 2.17 bits per heavy atom. The number of anilines is 1. The fourth-order valence-electron chi connectivity index (χ4n) is 3.37. The Labute approximate surface area is 111 Å². The molecule has 1 aromatic rings. The van der Waals surface area contributed by atoms with E-state index in [0.717, 1.165) is 12.3 Å². The minimum Gasteiger partial charge on any atom is -0.326 e. The largest absolute Gasteiger partial charge is 0.326 e. The van der Waals surface area contributed by atoms with Crippen molar-refractivity contribution in [2.75, 3.05) is 5.32 Å². The highest BCUT2D eigenvalue weighted by molar-refractivity contribution is 6.31.